The zero-order chi connectivity index (χ0) is 16.7. The Balaban J connectivity index is 1.87. The van der Waals surface area contributed by atoms with Crippen molar-refractivity contribution >= 4 is 56.4 Å². The smallest absolute Gasteiger partial charge is 0.212 e. The fraction of sp³-hybridized carbons (Fsp3) is 0.286. The summed E-state index contributed by atoms with van der Waals surface area (Å²) in [4.78, 5) is 11.6. The van der Waals surface area contributed by atoms with Crippen LogP contribution in [0.5, 0.6) is 5.75 Å². The molecule has 0 saturated carbocycles. The van der Waals surface area contributed by atoms with Crippen LogP contribution < -0.4 is 15.4 Å². The summed E-state index contributed by atoms with van der Waals surface area (Å²) in [5.74, 6) is 0.775. The summed E-state index contributed by atoms with van der Waals surface area (Å²) < 4.78 is 5.71. The van der Waals surface area contributed by atoms with Crippen molar-refractivity contribution < 1.29 is 9.53 Å². The standard InChI is InChI=1S/C14H16N4O2S3/c1-3-4-11(19)22-14-18-17-13(23-14)16-12(21)15-9-5-7-10(20-2)8-6-9/h5-8H,3-4H2,1-2H3,(H2,15,16,17,21). The number of nitrogens with zero attached hydrogens (tertiary/aromatic N) is 2. The van der Waals surface area contributed by atoms with Gasteiger partial charge in [-0.1, -0.05) is 18.3 Å². The highest BCUT2D eigenvalue weighted by Gasteiger charge is 2.10. The molecule has 0 spiro atoms. The van der Waals surface area contributed by atoms with Crippen LogP contribution in [-0.4, -0.2) is 27.5 Å². The number of thioether (sulfide) groups is 1. The van der Waals surface area contributed by atoms with Gasteiger partial charge in [0.2, 0.25) is 5.13 Å². The second-order valence-corrected chi connectivity index (χ2v) is 7.10. The summed E-state index contributed by atoms with van der Waals surface area (Å²) in [5, 5.41) is 15.0. The average molecular weight is 369 g/mol. The minimum absolute atomic E-state index is 0.0918. The molecule has 0 aliphatic rings. The monoisotopic (exact) mass is 368 g/mol. The van der Waals surface area contributed by atoms with Crippen molar-refractivity contribution in [1.29, 1.82) is 0 Å². The van der Waals surface area contributed by atoms with Crippen LogP contribution in [0.4, 0.5) is 10.8 Å². The SMILES string of the molecule is CCCC(=O)Sc1nnc(NC(=S)Nc2ccc(OC)cc2)s1. The van der Waals surface area contributed by atoms with Crippen LogP contribution >= 0.6 is 35.3 Å². The van der Waals surface area contributed by atoms with E-state index < -0.39 is 0 Å². The first kappa shape index (κ1) is 17.6. The number of thiocarbonyl (C=S) groups is 1. The molecule has 122 valence electrons. The van der Waals surface area contributed by atoms with Crippen LogP contribution in [0.3, 0.4) is 0 Å². The Labute approximate surface area is 148 Å². The van der Waals surface area contributed by atoms with E-state index in [4.69, 9.17) is 17.0 Å². The Morgan fingerprint density at radius 1 is 1.30 bits per heavy atom. The Morgan fingerprint density at radius 2 is 2.04 bits per heavy atom. The number of benzene rings is 1. The lowest BCUT2D eigenvalue weighted by Crippen LogP contribution is -2.18. The van der Waals surface area contributed by atoms with Gasteiger partial charge in [0.25, 0.3) is 0 Å². The third kappa shape index (κ3) is 5.77. The highest BCUT2D eigenvalue weighted by Crippen LogP contribution is 2.27. The molecule has 2 aromatic rings. The van der Waals surface area contributed by atoms with Gasteiger partial charge in [-0.2, -0.15) is 0 Å². The first-order valence-electron chi connectivity index (χ1n) is 6.87. The van der Waals surface area contributed by atoms with Crippen LogP contribution in [0.25, 0.3) is 0 Å². The highest BCUT2D eigenvalue weighted by atomic mass is 32.2. The molecule has 6 nitrogen and oxygen atoms in total. The van der Waals surface area contributed by atoms with Crippen molar-refractivity contribution in [2.24, 2.45) is 0 Å². The number of carbonyl (C=O) groups is 1. The maximum atomic E-state index is 11.6. The Bertz CT molecular complexity index is 673. The van der Waals surface area contributed by atoms with Crippen molar-refractivity contribution in [3.8, 4) is 5.75 Å². The maximum absolute atomic E-state index is 11.6. The van der Waals surface area contributed by atoms with Crippen LogP contribution in [0.15, 0.2) is 28.6 Å². The number of ether oxygens (including phenoxy) is 1. The number of hydrogen-bond donors (Lipinski definition) is 2. The molecule has 9 heteroatoms. The predicted molar refractivity (Wildman–Crippen MR) is 98.5 cm³/mol. The molecule has 1 aromatic carbocycles. The van der Waals surface area contributed by atoms with Gasteiger partial charge in [-0.3, -0.25) is 4.79 Å². The summed E-state index contributed by atoms with van der Waals surface area (Å²) in [7, 11) is 1.62. The molecule has 0 radical (unpaired) electrons. The Kier molecular flexibility index (Phi) is 6.75. The summed E-state index contributed by atoms with van der Waals surface area (Å²) >= 11 is 7.64. The molecule has 2 N–H and O–H groups in total. The number of anilines is 2. The van der Waals surface area contributed by atoms with E-state index in [0.717, 1.165) is 29.6 Å². The topological polar surface area (TPSA) is 76.1 Å². The lowest BCUT2D eigenvalue weighted by atomic mass is 10.3. The lowest BCUT2D eigenvalue weighted by molar-refractivity contribution is -0.111. The molecule has 0 atom stereocenters. The summed E-state index contributed by atoms with van der Waals surface area (Å²) in [6.07, 6.45) is 1.36. The van der Waals surface area contributed by atoms with Crippen molar-refractivity contribution in [2.75, 3.05) is 17.7 Å². The van der Waals surface area contributed by atoms with E-state index >= 15 is 0 Å². The molecular weight excluding hydrogens is 352 g/mol. The van der Waals surface area contributed by atoms with Crippen molar-refractivity contribution in [1.82, 2.24) is 10.2 Å². The number of nitrogens with one attached hydrogen (secondary N) is 2. The van der Waals surface area contributed by atoms with E-state index in [0.29, 0.717) is 21.0 Å². The van der Waals surface area contributed by atoms with Crippen molar-refractivity contribution in [3.63, 3.8) is 0 Å². The zero-order valence-electron chi connectivity index (χ0n) is 12.7. The third-order valence-electron chi connectivity index (χ3n) is 2.63. The maximum Gasteiger partial charge on any atom is 0.212 e. The minimum Gasteiger partial charge on any atom is -0.497 e. The largest absolute Gasteiger partial charge is 0.497 e. The molecular formula is C14H16N4O2S3. The molecule has 0 fully saturated rings. The van der Waals surface area contributed by atoms with E-state index in [-0.39, 0.29) is 5.12 Å². The van der Waals surface area contributed by atoms with E-state index in [1.54, 1.807) is 7.11 Å². The van der Waals surface area contributed by atoms with Crippen molar-refractivity contribution in [2.45, 2.75) is 24.1 Å². The average Bonchev–Trinajstić information content (AvgIpc) is 2.95. The first-order valence-corrected chi connectivity index (χ1v) is 8.91. The number of aromatic nitrogens is 2. The van der Waals surface area contributed by atoms with E-state index in [1.165, 1.54) is 11.3 Å². The normalized spacial score (nSPS) is 10.2. The number of rotatable bonds is 6. The van der Waals surface area contributed by atoms with Crippen LogP contribution in [0.1, 0.15) is 19.8 Å². The molecule has 0 bridgehead atoms. The van der Waals surface area contributed by atoms with Gasteiger partial charge in [0.1, 0.15) is 5.75 Å². The van der Waals surface area contributed by atoms with Gasteiger partial charge in [-0.05, 0) is 54.7 Å². The second kappa shape index (κ2) is 8.80. The van der Waals surface area contributed by atoms with Gasteiger partial charge >= 0.3 is 0 Å². The van der Waals surface area contributed by atoms with Gasteiger partial charge in [-0.25, -0.2) is 0 Å². The Hall–Kier alpha value is -1.71. The number of hydrogen-bond acceptors (Lipinski definition) is 7. The fourth-order valence-electron chi connectivity index (χ4n) is 1.59. The molecule has 0 saturated heterocycles. The minimum atomic E-state index is 0.0918. The van der Waals surface area contributed by atoms with Gasteiger partial charge in [0, 0.05) is 12.1 Å². The molecule has 1 aromatic heterocycles. The van der Waals surface area contributed by atoms with Gasteiger partial charge in [-0.15, -0.1) is 10.2 Å². The molecule has 23 heavy (non-hydrogen) atoms. The van der Waals surface area contributed by atoms with E-state index in [1.807, 2.05) is 31.2 Å². The second-order valence-electron chi connectivity index (χ2n) is 4.40. The molecule has 2 rings (SSSR count). The Morgan fingerprint density at radius 3 is 2.70 bits per heavy atom. The van der Waals surface area contributed by atoms with Crippen LogP contribution in [0, 0.1) is 0 Å². The van der Waals surface area contributed by atoms with Gasteiger partial charge < -0.3 is 15.4 Å². The van der Waals surface area contributed by atoms with Crippen LogP contribution in [-0.2, 0) is 4.79 Å². The molecule has 0 aliphatic heterocycles. The van der Waals surface area contributed by atoms with Gasteiger partial charge in [0.15, 0.2) is 14.6 Å². The lowest BCUT2D eigenvalue weighted by Gasteiger charge is -2.08. The molecule has 1 heterocycles. The molecule has 0 amide bonds. The third-order valence-corrected chi connectivity index (χ3v) is 4.66. The number of carbonyl (C=O) groups excluding carboxylic acids is 1. The zero-order valence-corrected chi connectivity index (χ0v) is 15.1. The molecule has 0 aliphatic carbocycles. The van der Waals surface area contributed by atoms with E-state index in [2.05, 4.69) is 20.8 Å². The number of methoxy groups -OCH3 is 1. The molecule has 0 unspecified atom stereocenters. The van der Waals surface area contributed by atoms with Crippen molar-refractivity contribution in [3.05, 3.63) is 24.3 Å². The van der Waals surface area contributed by atoms with Crippen LogP contribution in [0.2, 0.25) is 0 Å². The highest BCUT2D eigenvalue weighted by molar-refractivity contribution is 8.14. The summed E-state index contributed by atoms with van der Waals surface area (Å²) in [6.45, 7) is 1.97. The quantitative estimate of drug-likeness (QED) is 0.589. The van der Waals surface area contributed by atoms with Gasteiger partial charge in [0.05, 0.1) is 7.11 Å². The summed E-state index contributed by atoms with van der Waals surface area (Å²) in [5.41, 5.74) is 0.834. The predicted octanol–water partition coefficient (Wildman–Crippen LogP) is 3.77. The van der Waals surface area contributed by atoms with E-state index in [9.17, 15) is 4.79 Å². The first-order chi connectivity index (χ1) is 11.1. The summed E-state index contributed by atoms with van der Waals surface area (Å²) in [6, 6.07) is 7.39. The fourth-order valence-corrected chi connectivity index (χ4v) is 3.61.